The number of nitrogens with zero attached hydrogens (tertiary/aromatic N) is 3. The second-order valence-electron chi connectivity index (χ2n) is 4.88. The fourth-order valence-electron chi connectivity index (χ4n) is 1.85. The Bertz CT molecular complexity index is 175. The van der Waals surface area contributed by atoms with Crippen LogP contribution in [0.4, 0.5) is 0 Å². The fourth-order valence-corrected chi connectivity index (χ4v) is 1.85. The van der Waals surface area contributed by atoms with Crippen LogP contribution in [0.15, 0.2) is 0 Å². The van der Waals surface area contributed by atoms with Crippen molar-refractivity contribution in [3.8, 4) is 0 Å². The molecule has 0 aliphatic heterocycles. The first-order valence-corrected chi connectivity index (χ1v) is 8.00. The predicted octanol–water partition coefficient (Wildman–Crippen LogP) is -0.770. The maximum atomic E-state index is 5.53. The van der Waals surface area contributed by atoms with E-state index in [1.807, 2.05) is 11.8 Å². The molecule has 0 spiro atoms. The number of nitrogens with two attached hydrogens (primary N) is 6. The van der Waals surface area contributed by atoms with Gasteiger partial charge in [0, 0.05) is 65.7 Å². The van der Waals surface area contributed by atoms with Crippen molar-refractivity contribution in [1.29, 1.82) is 0 Å². The number of hydrogen-bond acceptors (Lipinski definition) is 10. The van der Waals surface area contributed by atoms with E-state index >= 15 is 0 Å². The summed E-state index contributed by atoms with van der Waals surface area (Å²) in [6.45, 7) is 11.0. The summed E-state index contributed by atoms with van der Waals surface area (Å²) in [5.41, 5.74) is 32.6. The Morgan fingerprint density at radius 1 is 0.519 bits per heavy atom. The molecule has 15 N–H and O–H groups in total. The van der Waals surface area contributed by atoms with Crippen molar-refractivity contribution in [2.24, 2.45) is 34.4 Å². The maximum Gasteiger partial charge on any atom is 0.0508 e. The first-order chi connectivity index (χ1) is 10.6. The van der Waals surface area contributed by atoms with Crippen molar-refractivity contribution in [1.82, 2.24) is 20.9 Å². The van der Waals surface area contributed by atoms with Gasteiger partial charge in [-0.2, -0.15) is 0 Å². The van der Waals surface area contributed by atoms with Gasteiger partial charge in [0.2, 0.25) is 0 Å². The molecule has 10 heteroatoms. The first-order valence-electron chi connectivity index (χ1n) is 8.00. The summed E-state index contributed by atoms with van der Waals surface area (Å²) in [6, 6.07) is 0. The van der Waals surface area contributed by atoms with Crippen molar-refractivity contribution >= 4 is 0 Å². The van der Waals surface area contributed by atoms with Gasteiger partial charge in [-0.05, 0) is 6.54 Å². The van der Waals surface area contributed by atoms with Gasteiger partial charge < -0.3 is 40.6 Å². The van der Waals surface area contributed by atoms with Crippen molar-refractivity contribution in [2.75, 3.05) is 78.9 Å². The highest BCUT2D eigenvalue weighted by Crippen LogP contribution is 1.92. The lowest BCUT2D eigenvalue weighted by Crippen LogP contribution is -2.45. The standard InChI is InChI=1S/C9H26N6.C4H13N3.4CH4.H3N/c10-1-5-14(6-2-11)9-15(7-3-12)8-4-13;1-2-7(3-5)4-6;;;;;/h1-13H2;2-6H2,1H3;4*1H4;1H3. The van der Waals surface area contributed by atoms with Crippen molar-refractivity contribution in [3.63, 3.8) is 0 Å². The minimum Gasteiger partial charge on any atom is -0.344 e. The van der Waals surface area contributed by atoms with Crippen molar-refractivity contribution in [2.45, 2.75) is 36.6 Å². The zero-order valence-electron chi connectivity index (χ0n) is 15.0. The molecule has 0 saturated carbocycles. The lowest BCUT2D eigenvalue weighted by Gasteiger charge is -2.29. The third-order valence-corrected chi connectivity index (χ3v) is 3.14. The lowest BCUT2D eigenvalue weighted by molar-refractivity contribution is 0.142. The van der Waals surface area contributed by atoms with Crippen molar-refractivity contribution in [3.05, 3.63) is 0 Å². The van der Waals surface area contributed by atoms with Crippen LogP contribution in [0, 0.1) is 0 Å². The maximum absolute atomic E-state index is 5.53. The summed E-state index contributed by atoms with van der Waals surface area (Å²) in [4.78, 5) is 6.39. The third kappa shape index (κ3) is 30.6. The summed E-state index contributed by atoms with van der Waals surface area (Å²) in [5, 5.41) is 0. The van der Waals surface area contributed by atoms with E-state index in [0.717, 1.165) is 39.4 Å². The molecule has 0 aromatic rings. The Labute approximate surface area is 171 Å². The van der Waals surface area contributed by atoms with Gasteiger partial charge in [0.05, 0.1) is 6.67 Å². The summed E-state index contributed by atoms with van der Waals surface area (Å²) in [6.07, 6.45) is 0. The van der Waals surface area contributed by atoms with E-state index in [1.54, 1.807) is 0 Å². The monoisotopic (exact) mass is 402 g/mol. The van der Waals surface area contributed by atoms with E-state index in [-0.39, 0.29) is 35.9 Å². The molecule has 0 aromatic carbocycles. The Balaban J connectivity index is -0.0000000587. The van der Waals surface area contributed by atoms with Crippen LogP contribution in [0.1, 0.15) is 36.6 Å². The summed E-state index contributed by atoms with van der Waals surface area (Å²) in [5.74, 6) is 0. The molecular weight excluding hydrogens is 344 g/mol. The molecule has 0 rings (SSSR count). The van der Waals surface area contributed by atoms with Gasteiger partial charge in [-0.3, -0.25) is 14.7 Å². The van der Waals surface area contributed by atoms with Crippen LogP contribution in [-0.2, 0) is 0 Å². The molecule has 0 saturated heterocycles. The molecule has 0 unspecified atom stereocenters. The molecule has 0 heterocycles. The van der Waals surface area contributed by atoms with E-state index < -0.39 is 0 Å². The molecule has 0 fully saturated rings. The van der Waals surface area contributed by atoms with Gasteiger partial charge >= 0.3 is 0 Å². The first kappa shape index (κ1) is 45.4. The topological polar surface area (TPSA) is 201 Å². The van der Waals surface area contributed by atoms with Crippen LogP contribution in [0.5, 0.6) is 0 Å². The normalized spacial score (nSPS) is 9.11. The van der Waals surface area contributed by atoms with Crippen LogP contribution < -0.4 is 40.6 Å². The Morgan fingerprint density at radius 2 is 0.778 bits per heavy atom. The molecule has 0 amide bonds. The van der Waals surface area contributed by atoms with Crippen molar-refractivity contribution < 1.29 is 0 Å². The molecule has 0 aliphatic carbocycles. The zero-order valence-corrected chi connectivity index (χ0v) is 15.0. The van der Waals surface area contributed by atoms with Gasteiger partial charge in [-0.15, -0.1) is 0 Å². The van der Waals surface area contributed by atoms with E-state index in [0.29, 0.717) is 39.5 Å². The van der Waals surface area contributed by atoms with Crippen LogP contribution in [0.25, 0.3) is 0 Å². The smallest absolute Gasteiger partial charge is 0.0508 e. The number of hydrogen-bond donors (Lipinski definition) is 7. The third-order valence-electron chi connectivity index (χ3n) is 3.14. The summed E-state index contributed by atoms with van der Waals surface area (Å²) in [7, 11) is 0. The van der Waals surface area contributed by atoms with E-state index in [9.17, 15) is 0 Å². The second kappa shape index (κ2) is 36.5. The van der Waals surface area contributed by atoms with Gasteiger partial charge in [0.1, 0.15) is 0 Å². The highest BCUT2D eigenvalue weighted by molar-refractivity contribution is 4.63. The molecule has 0 radical (unpaired) electrons. The molecule has 0 bridgehead atoms. The van der Waals surface area contributed by atoms with E-state index in [4.69, 9.17) is 34.4 Å². The SMILES string of the molecule is C.C.C.C.CCN(CN)CN.N.NCCN(CCN)CN(CCN)CCN. The highest BCUT2D eigenvalue weighted by Gasteiger charge is 2.08. The minimum absolute atomic E-state index is 0. The predicted molar refractivity (Wildman–Crippen MR) is 127 cm³/mol. The minimum atomic E-state index is 0. The Morgan fingerprint density at radius 3 is 0.889 bits per heavy atom. The Hall–Kier alpha value is -0.400. The Kier molecular flexibility index (Phi) is 61.4. The second-order valence-corrected chi connectivity index (χ2v) is 4.88. The average molecular weight is 403 g/mol. The van der Waals surface area contributed by atoms with Gasteiger partial charge in [0.25, 0.3) is 0 Å². The quantitative estimate of drug-likeness (QED) is 0.192. The van der Waals surface area contributed by atoms with Crippen LogP contribution >= 0.6 is 0 Å². The fraction of sp³-hybridized carbons (Fsp3) is 1.00. The highest BCUT2D eigenvalue weighted by atomic mass is 15.3. The molecular formula is C17H58N10. The summed E-state index contributed by atoms with van der Waals surface area (Å²) < 4.78 is 0. The molecule has 0 atom stereocenters. The van der Waals surface area contributed by atoms with Gasteiger partial charge in [-0.1, -0.05) is 36.6 Å². The largest absolute Gasteiger partial charge is 0.344 e. The zero-order chi connectivity index (χ0) is 17.2. The van der Waals surface area contributed by atoms with Gasteiger partial charge in [0.15, 0.2) is 0 Å². The molecule has 176 valence electrons. The summed E-state index contributed by atoms with van der Waals surface area (Å²) >= 11 is 0. The lowest BCUT2D eigenvalue weighted by atomic mass is 10.4. The van der Waals surface area contributed by atoms with Gasteiger partial charge in [-0.25, -0.2) is 0 Å². The van der Waals surface area contributed by atoms with E-state index in [1.165, 1.54) is 0 Å². The average Bonchev–Trinajstić information content (AvgIpc) is 2.51. The van der Waals surface area contributed by atoms with Crippen LogP contribution in [-0.4, -0.2) is 93.6 Å². The molecule has 27 heavy (non-hydrogen) atoms. The van der Waals surface area contributed by atoms with Crippen LogP contribution in [0.3, 0.4) is 0 Å². The molecule has 0 aromatic heterocycles. The van der Waals surface area contributed by atoms with E-state index in [2.05, 4.69) is 9.80 Å². The molecule has 0 aliphatic rings. The number of rotatable bonds is 13. The molecule has 10 nitrogen and oxygen atoms in total. The van der Waals surface area contributed by atoms with Crippen LogP contribution in [0.2, 0.25) is 0 Å².